The fourth-order valence-electron chi connectivity index (χ4n) is 5.51. The van der Waals surface area contributed by atoms with Crippen molar-refractivity contribution in [2.75, 3.05) is 64.4 Å². The zero-order chi connectivity index (χ0) is 26.6. The number of benzene rings is 2. The van der Waals surface area contributed by atoms with Crippen LogP contribution in [0, 0.1) is 6.92 Å². The molecule has 3 heterocycles. The number of hydrogen-bond acceptors (Lipinski definition) is 7. The Morgan fingerprint density at radius 3 is 2.82 bits per heavy atom. The zero-order valence-corrected chi connectivity index (χ0v) is 22.8. The maximum Gasteiger partial charge on any atom is 0.232 e. The first-order chi connectivity index (χ1) is 18.4. The number of nitrogens with zero attached hydrogens (tertiary/aromatic N) is 3. The Morgan fingerprint density at radius 1 is 1.24 bits per heavy atom. The number of H-pyrrole nitrogens is 1. The molecule has 2 fully saturated rings. The summed E-state index contributed by atoms with van der Waals surface area (Å²) < 4.78 is 5.22. The van der Waals surface area contributed by atoms with E-state index >= 15 is 0 Å². The van der Waals surface area contributed by atoms with Crippen LogP contribution in [0.1, 0.15) is 35.4 Å². The lowest BCUT2D eigenvalue weighted by Crippen LogP contribution is -2.50. The smallest absolute Gasteiger partial charge is 0.232 e. The van der Waals surface area contributed by atoms with E-state index in [1.54, 1.807) is 19.2 Å². The van der Waals surface area contributed by atoms with Gasteiger partial charge in [-0.05, 0) is 48.7 Å². The highest BCUT2D eigenvalue weighted by Gasteiger charge is 2.36. The first-order valence-electron chi connectivity index (χ1n) is 13.3. The van der Waals surface area contributed by atoms with Crippen LogP contribution in [0.2, 0.25) is 5.02 Å². The second-order valence-electron chi connectivity index (χ2n) is 10.2. The number of carbonyl (C=O) groups excluding carboxylic acids is 1. The van der Waals surface area contributed by atoms with Gasteiger partial charge in [0.15, 0.2) is 0 Å². The number of imidazole rings is 1. The van der Waals surface area contributed by atoms with Crippen molar-refractivity contribution in [1.29, 1.82) is 0 Å². The van der Waals surface area contributed by atoms with E-state index in [-0.39, 0.29) is 11.9 Å². The van der Waals surface area contributed by atoms with Crippen molar-refractivity contribution in [1.82, 2.24) is 25.5 Å². The Balaban J connectivity index is 1.31. The third kappa shape index (κ3) is 5.97. The third-order valence-electron chi connectivity index (χ3n) is 7.67. The molecular weight excluding hydrogens is 504 g/mol. The molecule has 0 radical (unpaired) electrons. The normalized spacial score (nSPS) is 21.6. The molecule has 1 aromatic heterocycles. The Morgan fingerprint density at radius 2 is 2.05 bits per heavy atom. The van der Waals surface area contributed by atoms with Gasteiger partial charge in [-0.2, -0.15) is 0 Å². The second-order valence-corrected chi connectivity index (χ2v) is 10.7. The number of nitrogens with one attached hydrogen (secondary N) is 3. The number of fused-ring (bicyclic) bond motifs is 1. The zero-order valence-electron chi connectivity index (χ0n) is 22.0. The number of aliphatic hydroxyl groups is 1. The molecule has 0 bridgehead atoms. The maximum absolute atomic E-state index is 13.0. The fourth-order valence-corrected chi connectivity index (χ4v) is 5.71. The SMILES string of the molecule is COCCN1CCN(c2cc(C)c3nc(C4C(=O)NCCC4NCC(O)c4cccc(Cl)c4)[nH]c3c2)CC1. The van der Waals surface area contributed by atoms with E-state index in [2.05, 4.69) is 44.5 Å². The average molecular weight is 541 g/mol. The molecule has 0 spiro atoms. The lowest BCUT2D eigenvalue weighted by Gasteiger charge is -2.36. The van der Waals surface area contributed by atoms with Gasteiger partial charge in [-0.15, -0.1) is 0 Å². The monoisotopic (exact) mass is 540 g/mol. The summed E-state index contributed by atoms with van der Waals surface area (Å²) in [7, 11) is 1.74. The summed E-state index contributed by atoms with van der Waals surface area (Å²) in [5.41, 5.74) is 4.82. The van der Waals surface area contributed by atoms with Gasteiger partial charge < -0.3 is 30.4 Å². The molecule has 3 aromatic rings. The van der Waals surface area contributed by atoms with Crippen molar-refractivity contribution in [3.8, 4) is 0 Å². The van der Waals surface area contributed by atoms with Gasteiger partial charge in [0.05, 0.1) is 23.7 Å². The van der Waals surface area contributed by atoms with Crippen LogP contribution in [0.25, 0.3) is 11.0 Å². The average Bonchev–Trinajstić information content (AvgIpc) is 3.35. The summed E-state index contributed by atoms with van der Waals surface area (Å²) in [5.74, 6) is 0.113. The second kappa shape index (κ2) is 12.0. The predicted octanol–water partition coefficient (Wildman–Crippen LogP) is 2.59. The van der Waals surface area contributed by atoms with E-state index in [0.29, 0.717) is 23.9 Å². The van der Waals surface area contributed by atoms with Gasteiger partial charge in [0.25, 0.3) is 0 Å². The number of aromatic amines is 1. The highest BCUT2D eigenvalue weighted by atomic mass is 35.5. The number of rotatable bonds is 9. The lowest BCUT2D eigenvalue weighted by atomic mass is 9.91. The standard InChI is InChI=1S/C28H37ClN6O3/c1-18-14-21(35-10-8-34(9-11-35)12-13-38-2)16-23-26(18)33-27(32-23)25-22(6-7-30-28(25)37)31-17-24(36)19-4-3-5-20(29)15-19/h3-5,14-16,22,24-25,31,36H,6-13,17H2,1-2H3,(H,30,37)(H,32,33). The number of aryl methyl sites for hydroxylation is 1. The number of carbonyl (C=O) groups is 1. The maximum atomic E-state index is 13.0. The molecule has 2 aliphatic heterocycles. The molecule has 38 heavy (non-hydrogen) atoms. The highest BCUT2D eigenvalue weighted by molar-refractivity contribution is 6.30. The van der Waals surface area contributed by atoms with Crippen molar-refractivity contribution < 1.29 is 14.6 Å². The highest BCUT2D eigenvalue weighted by Crippen LogP contribution is 2.30. The Bertz CT molecular complexity index is 1260. The first kappa shape index (κ1) is 26.9. The van der Waals surface area contributed by atoms with Gasteiger partial charge in [-0.1, -0.05) is 23.7 Å². The molecule has 4 N–H and O–H groups in total. The van der Waals surface area contributed by atoms with Crippen molar-refractivity contribution in [3.05, 3.63) is 58.4 Å². The Kier molecular flexibility index (Phi) is 8.50. The van der Waals surface area contributed by atoms with Gasteiger partial charge in [-0.3, -0.25) is 9.69 Å². The van der Waals surface area contributed by atoms with Crippen LogP contribution in [-0.4, -0.2) is 91.5 Å². The number of aliphatic hydroxyl groups excluding tert-OH is 1. The van der Waals surface area contributed by atoms with Crippen LogP contribution in [-0.2, 0) is 9.53 Å². The topological polar surface area (TPSA) is 106 Å². The number of piperidine rings is 1. The number of methoxy groups -OCH3 is 1. The van der Waals surface area contributed by atoms with Gasteiger partial charge in [0.2, 0.25) is 5.91 Å². The Hall–Kier alpha value is -2.69. The number of halogens is 1. The molecule has 0 aliphatic carbocycles. The van der Waals surface area contributed by atoms with Gasteiger partial charge in [0, 0.05) is 69.7 Å². The van der Waals surface area contributed by atoms with Gasteiger partial charge in [0.1, 0.15) is 11.7 Å². The minimum absolute atomic E-state index is 0.0601. The van der Waals surface area contributed by atoms with E-state index in [4.69, 9.17) is 21.3 Å². The van der Waals surface area contributed by atoms with Crippen LogP contribution in [0.4, 0.5) is 5.69 Å². The molecule has 3 atom stereocenters. The molecule has 3 unspecified atom stereocenters. The quantitative estimate of drug-likeness (QED) is 0.330. The number of piperazine rings is 1. The minimum Gasteiger partial charge on any atom is -0.387 e. The molecule has 9 nitrogen and oxygen atoms in total. The van der Waals surface area contributed by atoms with E-state index in [1.807, 2.05) is 12.1 Å². The van der Waals surface area contributed by atoms with Crippen molar-refractivity contribution in [3.63, 3.8) is 0 Å². The Labute approximate surface area is 228 Å². The van der Waals surface area contributed by atoms with E-state index in [9.17, 15) is 9.90 Å². The lowest BCUT2D eigenvalue weighted by molar-refractivity contribution is -0.124. The fraction of sp³-hybridized carbons (Fsp3) is 0.500. The van der Waals surface area contributed by atoms with E-state index in [1.165, 1.54) is 5.69 Å². The molecule has 2 aromatic carbocycles. The summed E-state index contributed by atoms with van der Waals surface area (Å²) in [6.07, 6.45) is 0.0163. The van der Waals surface area contributed by atoms with Crippen LogP contribution in [0.3, 0.4) is 0 Å². The van der Waals surface area contributed by atoms with Crippen LogP contribution in [0.5, 0.6) is 0 Å². The molecule has 204 valence electrons. The number of amides is 1. The van der Waals surface area contributed by atoms with Crippen LogP contribution in [0.15, 0.2) is 36.4 Å². The predicted molar refractivity (Wildman–Crippen MR) is 150 cm³/mol. The number of aromatic nitrogens is 2. The third-order valence-corrected chi connectivity index (χ3v) is 7.91. The van der Waals surface area contributed by atoms with Crippen molar-refractivity contribution in [2.45, 2.75) is 31.4 Å². The largest absolute Gasteiger partial charge is 0.387 e. The first-order valence-corrected chi connectivity index (χ1v) is 13.7. The number of ether oxygens (including phenoxy) is 1. The van der Waals surface area contributed by atoms with Crippen molar-refractivity contribution >= 4 is 34.2 Å². The molecule has 2 saturated heterocycles. The van der Waals surface area contributed by atoms with Gasteiger partial charge >= 0.3 is 0 Å². The van der Waals surface area contributed by atoms with E-state index in [0.717, 1.165) is 67.9 Å². The van der Waals surface area contributed by atoms with E-state index < -0.39 is 12.0 Å². The summed E-state index contributed by atoms with van der Waals surface area (Å²) >= 11 is 6.09. The van der Waals surface area contributed by atoms with Crippen molar-refractivity contribution in [2.24, 2.45) is 0 Å². The van der Waals surface area contributed by atoms with Crippen LogP contribution < -0.4 is 15.5 Å². The summed E-state index contributed by atoms with van der Waals surface area (Å²) in [5, 5.41) is 17.7. The summed E-state index contributed by atoms with van der Waals surface area (Å²) in [6, 6.07) is 11.4. The molecule has 5 rings (SSSR count). The molecule has 10 heteroatoms. The molecule has 1 amide bonds. The summed E-state index contributed by atoms with van der Waals surface area (Å²) in [4.78, 5) is 26.2. The molecular formula is C28H37ClN6O3. The molecule has 2 aliphatic rings. The van der Waals surface area contributed by atoms with Crippen LogP contribution >= 0.6 is 11.6 Å². The van der Waals surface area contributed by atoms with Gasteiger partial charge in [-0.25, -0.2) is 4.98 Å². The number of anilines is 1. The summed E-state index contributed by atoms with van der Waals surface area (Å²) in [6.45, 7) is 8.62. The minimum atomic E-state index is -0.727. The number of hydrogen-bond donors (Lipinski definition) is 4. The molecule has 0 saturated carbocycles.